The zero-order chi connectivity index (χ0) is 21.4. The normalized spacial score (nSPS) is 13.0. The Kier molecular flexibility index (Phi) is 16.7. The van der Waals surface area contributed by atoms with Gasteiger partial charge in [-0.3, -0.25) is 0 Å². The Hall–Kier alpha value is -0.0494. The van der Waals surface area contributed by atoms with E-state index in [1.807, 2.05) is 13.8 Å². The van der Waals surface area contributed by atoms with Gasteiger partial charge in [0.1, 0.15) is 0 Å². The van der Waals surface area contributed by atoms with E-state index in [0.29, 0.717) is 9.52 Å². The predicted molar refractivity (Wildman–Crippen MR) is 119 cm³/mol. The predicted octanol–water partition coefficient (Wildman–Crippen LogP) is 2.13. The molecule has 0 aliphatic carbocycles. The maximum Gasteiger partial charge on any atom is 0.529 e. The molecule has 0 saturated carbocycles. The summed E-state index contributed by atoms with van der Waals surface area (Å²) in [6.45, 7) is 12.7. The lowest BCUT2D eigenvalue weighted by Gasteiger charge is -2.30. The van der Waals surface area contributed by atoms with Crippen molar-refractivity contribution in [3.8, 4) is 0 Å². The van der Waals surface area contributed by atoms with Crippen molar-refractivity contribution in [2.75, 3.05) is 67.4 Å². The molecule has 10 heteroatoms. The Morgan fingerprint density at radius 3 is 1.93 bits per heavy atom. The SMILES string of the molecule is CCO[Si](CCCN(C)C[Si]C(=CN(CC)CC)[Si](OC)(OC)OC)OCC. The van der Waals surface area contributed by atoms with Crippen molar-refractivity contribution in [2.24, 2.45) is 0 Å². The van der Waals surface area contributed by atoms with Crippen molar-refractivity contribution in [1.82, 2.24) is 9.80 Å². The molecule has 0 aromatic heterocycles. The van der Waals surface area contributed by atoms with Crippen LogP contribution in [0.4, 0.5) is 0 Å². The minimum Gasteiger partial charge on any atom is -0.394 e. The zero-order valence-corrected chi connectivity index (χ0v) is 22.2. The average Bonchev–Trinajstić information content (AvgIpc) is 2.71. The third-order valence-corrected chi connectivity index (χ3v) is 11.4. The molecule has 0 rings (SSSR count). The summed E-state index contributed by atoms with van der Waals surface area (Å²) >= 11 is 0. The summed E-state index contributed by atoms with van der Waals surface area (Å²) < 4.78 is 28.7. The fourth-order valence-corrected chi connectivity index (χ4v) is 8.56. The van der Waals surface area contributed by atoms with Crippen LogP contribution in [0.25, 0.3) is 0 Å². The van der Waals surface area contributed by atoms with Gasteiger partial charge in [0.05, 0.1) is 9.52 Å². The molecule has 0 aromatic rings. The highest BCUT2D eigenvalue weighted by Crippen LogP contribution is 2.18. The fourth-order valence-electron chi connectivity index (χ4n) is 2.70. The van der Waals surface area contributed by atoms with Gasteiger partial charge in [-0.05, 0) is 66.1 Å². The van der Waals surface area contributed by atoms with Crippen LogP contribution in [0.15, 0.2) is 11.0 Å². The minimum atomic E-state index is -2.81. The van der Waals surface area contributed by atoms with Gasteiger partial charge in [-0.1, -0.05) is 0 Å². The second-order valence-electron chi connectivity index (χ2n) is 6.19. The number of hydrogen-bond acceptors (Lipinski definition) is 7. The Morgan fingerprint density at radius 1 is 0.964 bits per heavy atom. The monoisotopic (exact) mass is 449 g/mol. The Morgan fingerprint density at radius 2 is 1.50 bits per heavy atom. The lowest BCUT2D eigenvalue weighted by Crippen LogP contribution is -2.49. The second kappa shape index (κ2) is 16.7. The van der Waals surface area contributed by atoms with Crippen LogP contribution in [0.3, 0.4) is 0 Å². The van der Waals surface area contributed by atoms with E-state index in [2.05, 4.69) is 36.9 Å². The maximum absolute atomic E-state index is 5.75. The van der Waals surface area contributed by atoms with E-state index < -0.39 is 18.1 Å². The van der Waals surface area contributed by atoms with Crippen molar-refractivity contribution in [3.63, 3.8) is 0 Å². The summed E-state index contributed by atoms with van der Waals surface area (Å²) in [7, 11) is 3.81. The highest BCUT2D eigenvalue weighted by Gasteiger charge is 2.43. The summed E-state index contributed by atoms with van der Waals surface area (Å²) in [6.07, 6.45) is 4.20. The van der Waals surface area contributed by atoms with Crippen LogP contribution in [0.1, 0.15) is 34.1 Å². The summed E-state index contributed by atoms with van der Waals surface area (Å²) in [6, 6.07) is 1.01. The van der Waals surface area contributed by atoms with E-state index in [1.165, 1.54) is 0 Å². The number of nitrogens with zero attached hydrogens (tertiary/aromatic N) is 2. The van der Waals surface area contributed by atoms with Crippen LogP contribution in [-0.4, -0.2) is 105 Å². The molecule has 0 saturated heterocycles. The van der Waals surface area contributed by atoms with Crippen molar-refractivity contribution in [3.05, 3.63) is 11.0 Å². The Labute approximate surface area is 178 Å². The highest BCUT2D eigenvalue weighted by atomic mass is 28.4. The van der Waals surface area contributed by atoms with Crippen LogP contribution < -0.4 is 0 Å². The van der Waals surface area contributed by atoms with Crippen LogP contribution >= 0.6 is 0 Å². The highest BCUT2D eigenvalue weighted by molar-refractivity contribution is 6.83. The average molecular weight is 450 g/mol. The molecule has 28 heavy (non-hydrogen) atoms. The van der Waals surface area contributed by atoms with Gasteiger partial charge in [0, 0.05) is 52.5 Å². The third kappa shape index (κ3) is 10.1. The van der Waals surface area contributed by atoms with E-state index in [0.717, 1.165) is 56.3 Å². The van der Waals surface area contributed by atoms with Gasteiger partial charge in [0.2, 0.25) is 0 Å². The first-order valence-electron chi connectivity index (χ1n) is 10.1. The molecule has 165 valence electrons. The third-order valence-electron chi connectivity index (χ3n) is 4.33. The largest absolute Gasteiger partial charge is 0.529 e. The molecule has 0 unspecified atom stereocenters. The molecule has 3 radical (unpaired) electrons. The summed E-state index contributed by atoms with van der Waals surface area (Å²) in [4.78, 5) is 5.76. The van der Waals surface area contributed by atoms with Crippen molar-refractivity contribution in [1.29, 1.82) is 0 Å². The van der Waals surface area contributed by atoms with Gasteiger partial charge in [-0.15, -0.1) is 0 Å². The second-order valence-corrected chi connectivity index (χ2v) is 12.6. The molecule has 0 N–H and O–H groups in total. The van der Waals surface area contributed by atoms with E-state index >= 15 is 0 Å². The molecule has 0 spiro atoms. The molecule has 0 aromatic carbocycles. The summed E-state index contributed by atoms with van der Waals surface area (Å²) in [5.41, 5.74) is 0. The molecule has 0 heterocycles. The molecule has 0 atom stereocenters. The van der Waals surface area contributed by atoms with Gasteiger partial charge in [0.15, 0.2) is 0 Å². The van der Waals surface area contributed by atoms with Gasteiger partial charge in [-0.2, -0.15) is 0 Å². The van der Waals surface area contributed by atoms with Crippen LogP contribution in [0.2, 0.25) is 6.04 Å². The van der Waals surface area contributed by atoms with E-state index in [-0.39, 0.29) is 0 Å². The topological polar surface area (TPSA) is 52.6 Å². The Balaban J connectivity index is 4.84. The lowest BCUT2D eigenvalue weighted by molar-refractivity contribution is 0.136. The smallest absolute Gasteiger partial charge is 0.394 e. The van der Waals surface area contributed by atoms with Crippen LogP contribution in [0, 0.1) is 0 Å². The standard InChI is InChI=1S/C18H41N2O5Si3/c1-9-20(10-2)16-18(28(21-6,22-7)23-8)26-17-19(5)14-13-15-27(24-11-3)25-12-4/h16H,9-15,17H2,1-8H3. The van der Waals surface area contributed by atoms with Crippen LogP contribution in [0.5, 0.6) is 0 Å². The molecular weight excluding hydrogens is 408 g/mol. The van der Waals surface area contributed by atoms with Crippen LogP contribution in [-0.2, 0) is 22.1 Å². The van der Waals surface area contributed by atoms with E-state index in [1.54, 1.807) is 21.3 Å². The zero-order valence-electron chi connectivity index (χ0n) is 19.2. The first-order valence-corrected chi connectivity index (χ1v) is 14.6. The van der Waals surface area contributed by atoms with Gasteiger partial charge in [0.25, 0.3) is 0 Å². The number of hydrogen-bond donors (Lipinski definition) is 0. The van der Waals surface area contributed by atoms with E-state index in [4.69, 9.17) is 22.1 Å². The van der Waals surface area contributed by atoms with Gasteiger partial charge in [-0.25, -0.2) is 0 Å². The fraction of sp³-hybridized carbons (Fsp3) is 0.889. The van der Waals surface area contributed by atoms with Crippen molar-refractivity contribution < 1.29 is 22.1 Å². The molecule has 0 fully saturated rings. The molecule has 0 bridgehead atoms. The molecule has 0 aliphatic rings. The van der Waals surface area contributed by atoms with Crippen molar-refractivity contribution in [2.45, 2.75) is 40.2 Å². The summed E-state index contributed by atoms with van der Waals surface area (Å²) in [5.74, 6) is 0. The lowest BCUT2D eigenvalue weighted by atomic mass is 10.5. The number of rotatable bonds is 18. The van der Waals surface area contributed by atoms with Gasteiger partial charge < -0.3 is 31.9 Å². The molecule has 7 nitrogen and oxygen atoms in total. The molecular formula is C18H41N2O5Si3. The maximum atomic E-state index is 5.75. The minimum absolute atomic E-state index is 0.559. The first kappa shape index (κ1) is 28.0. The summed E-state index contributed by atoms with van der Waals surface area (Å²) in [5, 5.41) is 0. The first-order chi connectivity index (χ1) is 13.5. The molecule has 0 aliphatic heterocycles. The van der Waals surface area contributed by atoms with Gasteiger partial charge >= 0.3 is 18.1 Å². The molecule has 0 amide bonds. The quantitative estimate of drug-likeness (QED) is 0.297. The van der Waals surface area contributed by atoms with Crippen molar-refractivity contribution >= 4 is 27.6 Å². The van der Waals surface area contributed by atoms with E-state index in [9.17, 15) is 0 Å². The Bertz CT molecular complexity index is 396.